The average Bonchev–Trinajstić information content (AvgIpc) is 3.85. The van der Waals surface area contributed by atoms with E-state index < -0.39 is 21.3 Å². The number of fused-ring (bicyclic) bond motifs is 5. The van der Waals surface area contributed by atoms with Crippen molar-refractivity contribution < 1.29 is 35.8 Å². The molecular weight excluding hydrogens is 996 g/mol. The summed E-state index contributed by atoms with van der Waals surface area (Å²) >= 11 is 0. The third-order valence-electron chi connectivity index (χ3n) is 11.7. The molecule has 0 amide bonds. The molecule has 0 aliphatic heterocycles. The molecule has 0 unspecified atom stereocenters. The van der Waals surface area contributed by atoms with Crippen LogP contribution < -0.4 is 5.19 Å². The van der Waals surface area contributed by atoms with Gasteiger partial charge in [-0.1, -0.05) is 136 Å². The second-order valence-electron chi connectivity index (χ2n) is 19.9. The molecule has 0 saturated carbocycles. The molecule has 8 heteroatoms. The molecule has 9 rings (SSSR count). The molecule has 0 atom stereocenters. The number of halogens is 1. The van der Waals surface area contributed by atoms with Gasteiger partial charge in [0.15, 0.2) is 0 Å². The Hall–Kier alpha value is -5.27. The Morgan fingerprint density at radius 3 is 2.18 bits per heavy atom. The van der Waals surface area contributed by atoms with E-state index in [1.165, 1.54) is 40.6 Å². The number of aromatic nitrogens is 4. The van der Waals surface area contributed by atoms with E-state index in [9.17, 15) is 4.39 Å². The van der Waals surface area contributed by atoms with E-state index >= 15 is 0 Å². The van der Waals surface area contributed by atoms with Gasteiger partial charge >= 0.3 is 0 Å². The van der Waals surface area contributed by atoms with E-state index in [2.05, 4.69) is 120 Å². The number of hydrogen-bond donors (Lipinski definition) is 0. The molecule has 0 fully saturated rings. The average molecular weight is 1060 g/mol. The van der Waals surface area contributed by atoms with Gasteiger partial charge in [-0.3, -0.25) is 4.98 Å². The molecule has 0 aliphatic carbocycles. The first kappa shape index (κ1) is 41.2. The van der Waals surface area contributed by atoms with Crippen molar-refractivity contribution in [1.82, 2.24) is 19.5 Å². The fourth-order valence-electron chi connectivity index (χ4n) is 8.35. The number of hydrogen-bond acceptors (Lipinski definition) is 4. The van der Waals surface area contributed by atoms with Crippen molar-refractivity contribution in [2.75, 3.05) is 0 Å². The van der Waals surface area contributed by atoms with Crippen LogP contribution in [-0.2, 0) is 31.9 Å². The molecule has 337 valence electrons. The summed E-state index contributed by atoms with van der Waals surface area (Å²) in [6.07, 6.45) is 0.328. The maximum atomic E-state index is 14.1. The van der Waals surface area contributed by atoms with Gasteiger partial charge in [0.2, 0.25) is 5.71 Å². The third-order valence-corrected chi connectivity index (χ3v) is 13.7. The smallest absolute Gasteiger partial charge is 0.216 e. The van der Waals surface area contributed by atoms with Gasteiger partial charge < -0.3 is 14.0 Å². The SMILES string of the molecule is CC(C)c1cc(C(C)(C)C)cc(C(C)C)c1-n1c(-c2[c-]ccc3c2oc2nc4ccc(F)cc4cc23)nc2ccccc21.[2H]C([2H])([2H])c1c[c-]c(-c2cc(C([2H])([2H])C(C)C)c([Si](C)(C)C)cn2)cc1.[Ir]. The Bertz CT molecular complexity index is 3350. The summed E-state index contributed by atoms with van der Waals surface area (Å²) in [4.78, 5) is 14.5. The van der Waals surface area contributed by atoms with Crippen molar-refractivity contribution in [3.63, 3.8) is 0 Å². The summed E-state index contributed by atoms with van der Waals surface area (Å²) in [6, 6.07) is 36.5. The minimum absolute atomic E-state index is 0. The van der Waals surface area contributed by atoms with Crippen LogP contribution in [0.25, 0.3) is 72.3 Å². The summed E-state index contributed by atoms with van der Waals surface area (Å²) in [5, 5.41) is 3.49. The molecule has 4 aromatic heterocycles. The van der Waals surface area contributed by atoms with Crippen LogP contribution in [0.3, 0.4) is 0 Å². The zero-order valence-corrected chi connectivity index (χ0v) is 42.9. The van der Waals surface area contributed by atoms with Gasteiger partial charge in [0.25, 0.3) is 0 Å². The van der Waals surface area contributed by atoms with E-state index in [0.717, 1.165) is 43.8 Å². The number of furan rings is 1. The van der Waals surface area contributed by atoms with E-state index in [4.69, 9.17) is 21.2 Å². The van der Waals surface area contributed by atoms with Crippen LogP contribution in [0.2, 0.25) is 19.6 Å². The van der Waals surface area contributed by atoms with Crippen LogP contribution in [-0.4, -0.2) is 27.6 Å². The summed E-state index contributed by atoms with van der Waals surface area (Å²) in [5.41, 5.74) is 11.9. The van der Waals surface area contributed by atoms with Crippen LogP contribution in [0.4, 0.5) is 4.39 Å². The summed E-state index contributed by atoms with van der Waals surface area (Å²) in [5.74, 6) is 0.880. The second kappa shape index (κ2) is 18.5. The van der Waals surface area contributed by atoms with Crippen molar-refractivity contribution in [3.05, 3.63) is 149 Å². The Labute approximate surface area is 406 Å². The quantitative estimate of drug-likeness (QED) is 0.112. The maximum Gasteiger partial charge on any atom is 0.216 e. The van der Waals surface area contributed by atoms with E-state index in [1.54, 1.807) is 24.4 Å². The standard InChI is InChI=1S/C38H35FN3O.C19H26NSi.Ir/c1-21(2)28-19-24(38(5,6)7)20-29(22(3)4)34(28)42-33-14-9-8-13-32(33)40-36(42)27-12-10-11-26-30-18-23-17-25(39)15-16-31(23)41-37(30)43-35(26)27;1-14(2)11-17-12-18(16-9-7-15(3)8-10-16)20-13-19(17)21(4,5)6;/h8-11,13-22H,1-7H3;7-9,12-14H,11H2,1-6H3;/q2*-1;/i;3D3,11D2;. The molecule has 5 nitrogen and oxygen atoms in total. The first-order chi connectivity index (χ1) is 32.2. The van der Waals surface area contributed by atoms with Gasteiger partial charge in [0, 0.05) is 49.6 Å². The van der Waals surface area contributed by atoms with Gasteiger partial charge in [0.05, 0.1) is 36.0 Å². The molecule has 1 radical (unpaired) electrons. The van der Waals surface area contributed by atoms with Crippen molar-refractivity contribution >= 4 is 57.3 Å². The van der Waals surface area contributed by atoms with E-state index in [1.807, 2.05) is 44.2 Å². The predicted molar refractivity (Wildman–Crippen MR) is 270 cm³/mol. The second-order valence-corrected chi connectivity index (χ2v) is 24.9. The van der Waals surface area contributed by atoms with Gasteiger partial charge in [-0.05, 0) is 93.5 Å². The number of para-hydroxylation sites is 2. The van der Waals surface area contributed by atoms with Crippen LogP contribution >= 0.6 is 0 Å². The number of benzene rings is 5. The van der Waals surface area contributed by atoms with Gasteiger partial charge in [-0.25, -0.2) is 9.37 Å². The third kappa shape index (κ3) is 9.68. The van der Waals surface area contributed by atoms with Crippen molar-refractivity contribution in [2.24, 2.45) is 5.92 Å². The molecule has 9 aromatic rings. The zero-order valence-electron chi connectivity index (χ0n) is 44.5. The van der Waals surface area contributed by atoms with E-state index in [0.29, 0.717) is 33.6 Å². The number of aryl methyl sites for hydroxylation is 1. The summed E-state index contributed by atoms with van der Waals surface area (Å²) in [7, 11) is -1.78. The normalized spacial score (nSPS) is 13.8. The van der Waals surface area contributed by atoms with Crippen LogP contribution in [0.5, 0.6) is 0 Å². The fraction of sp³-hybridized carbons (Fsp3) is 0.316. The Morgan fingerprint density at radius 2 is 1.55 bits per heavy atom. The molecular formula is C57H61FIrN4OSi-2. The first-order valence-electron chi connectivity index (χ1n) is 24.8. The first-order valence-corrected chi connectivity index (χ1v) is 25.8. The Morgan fingerprint density at radius 1 is 0.831 bits per heavy atom. The predicted octanol–water partition coefficient (Wildman–Crippen LogP) is 15.2. The van der Waals surface area contributed by atoms with Crippen LogP contribution in [0.15, 0.2) is 108 Å². The van der Waals surface area contributed by atoms with Crippen molar-refractivity contribution in [1.29, 1.82) is 0 Å². The largest absolute Gasteiger partial charge is 0.486 e. The number of imidazole rings is 1. The molecule has 65 heavy (non-hydrogen) atoms. The molecule has 0 bridgehead atoms. The summed E-state index contributed by atoms with van der Waals surface area (Å²) in [6.45, 7) is 24.0. The molecule has 4 heterocycles. The van der Waals surface area contributed by atoms with Crippen LogP contribution in [0.1, 0.15) is 109 Å². The maximum absolute atomic E-state index is 14.1. The zero-order chi connectivity index (χ0) is 50.1. The van der Waals surface area contributed by atoms with Crippen LogP contribution in [0, 0.1) is 30.7 Å². The summed E-state index contributed by atoms with van der Waals surface area (Å²) < 4.78 is 62.4. The Kier molecular flexibility index (Phi) is 11.7. The van der Waals surface area contributed by atoms with E-state index in [-0.39, 0.29) is 54.7 Å². The minimum atomic E-state index is -2.16. The fourth-order valence-corrected chi connectivity index (χ4v) is 9.76. The van der Waals surface area contributed by atoms with Gasteiger partial charge in [-0.15, -0.1) is 53.6 Å². The molecule has 5 aromatic carbocycles. The topological polar surface area (TPSA) is 56.7 Å². The Balaban J connectivity index is 0.000000231. The van der Waals surface area contributed by atoms with Crippen molar-refractivity contribution in [3.8, 4) is 28.3 Å². The monoisotopic (exact) mass is 1060 g/mol. The minimum Gasteiger partial charge on any atom is -0.486 e. The molecule has 0 spiro atoms. The van der Waals surface area contributed by atoms with Gasteiger partial charge in [-0.2, -0.15) is 0 Å². The van der Waals surface area contributed by atoms with Crippen molar-refractivity contribution in [2.45, 2.75) is 112 Å². The number of rotatable bonds is 8. The number of pyridine rings is 2. The number of nitrogens with zero attached hydrogens (tertiary/aromatic N) is 4. The molecule has 0 N–H and O–H groups in total. The molecule has 0 aliphatic rings. The molecule has 0 saturated heterocycles. The van der Waals surface area contributed by atoms with Gasteiger partial charge in [0.1, 0.15) is 5.82 Å².